The largest absolute Gasteiger partial charge is 0.479 e. The molecule has 2 nitrogen and oxygen atoms in total. The fourth-order valence-corrected chi connectivity index (χ4v) is 1.15. The highest BCUT2D eigenvalue weighted by Gasteiger charge is 1.99. The lowest BCUT2D eigenvalue weighted by molar-refractivity contribution is 0.403. The predicted molar refractivity (Wildman–Crippen MR) is 33.7 cm³/mol. The fraction of sp³-hybridized carbons (Fsp3) is 0.250. The first-order valence-corrected chi connectivity index (χ1v) is 3.20. The van der Waals surface area contributed by atoms with Gasteiger partial charge in [0.05, 0.1) is 7.11 Å². The number of hydrogen-bond acceptors (Lipinski definition) is 3. The Balaban J connectivity index is 2.92. The molecule has 0 amide bonds. The zero-order chi connectivity index (χ0) is 5.98. The van der Waals surface area contributed by atoms with Gasteiger partial charge in [0, 0.05) is 5.38 Å². The zero-order valence-electron chi connectivity index (χ0n) is 4.22. The van der Waals surface area contributed by atoms with Gasteiger partial charge >= 0.3 is 0 Å². The number of nitrogens with zero attached hydrogens (tertiary/aromatic N) is 1. The van der Waals surface area contributed by atoms with Crippen LogP contribution in [0.4, 0.5) is 0 Å². The molecule has 0 unspecified atom stereocenters. The molecule has 4 heteroatoms. The summed E-state index contributed by atoms with van der Waals surface area (Å²) < 4.78 is 8.57. The highest BCUT2D eigenvalue weighted by Crippen LogP contribution is 2.23. The molecule has 1 rings (SSSR count). The topological polar surface area (TPSA) is 22.1 Å². The number of aromatic nitrogens is 1. The first-order chi connectivity index (χ1) is 3.84. The van der Waals surface area contributed by atoms with E-state index < -0.39 is 0 Å². The Bertz CT molecular complexity index is 176. The van der Waals surface area contributed by atoms with E-state index in [4.69, 9.17) is 16.3 Å². The number of halogens is 1. The molecule has 0 aliphatic rings. The van der Waals surface area contributed by atoms with Gasteiger partial charge in [-0.2, -0.15) is 4.37 Å². The first-order valence-electron chi connectivity index (χ1n) is 1.98. The van der Waals surface area contributed by atoms with Crippen LogP contribution in [0.2, 0.25) is 5.02 Å². The second kappa shape index (κ2) is 2.33. The minimum absolute atomic E-state index is 0.511. The van der Waals surface area contributed by atoms with Crippen LogP contribution < -0.4 is 4.74 Å². The minimum atomic E-state index is 0.511. The summed E-state index contributed by atoms with van der Waals surface area (Å²) in [6.45, 7) is 0. The van der Waals surface area contributed by atoms with Gasteiger partial charge in [0.1, 0.15) is 5.02 Å². The van der Waals surface area contributed by atoms with Crippen LogP contribution in [-0.2, 0) is 0 Å². The molecule has 1 aromatic rings. The third kappa shape index (κ3) is 0.928. The van der Waals surface area contributed by atoms with E-state index in [2.05, 4.69) is 4.37 Å². The van der Waals surface area contributed by atoms with Crippen molar-refractivity contribution in [1.82, 2.24) is 4.37 Å². The summed E-state index contributed by atoms with van der Waals surface area (Å²) in [6, 6.07) is 0. The number of hydrogen-bond donors (Lipinski definition) is 0. The van der Waals surface area contributed by atoms with Crippen molar-refractivity contribution in [2.24, 2.45) is 0 Å². The lowest BCUT2D eigenvalue weighted by atomic mass is 10.7. The predicted octanol–water partition coefficient (Wildman–Crippen LogP) is 1.81. The van der Waals surface area contributed by atoms with Crippen molar-refractivity contribution in [2.45, 2.75) is 0 Å². The molecule has 0 saturated carbocycles. The maximum Gasteiger partial charge on any atom is 0.244 e. The van der Waals surface area contributed by atoms with Crippen LogP contribution >= 0.6 is 23.1 Å². The quantitative estimate of drug-likeness (QED) is 0.608. The molecule has 1 heterocycles. The molecule has 0 saturated heterocycles. The van der Waals surface area contributed by atoms with E-state index in [0.29, 0.717) is 10.9 Å². The third-order valence-corrected chi connectivity index (χ3v) is 1.70. The minimum Gasteiger partial charge on any atom is -0.479 e. The molecule has 0 aliphatic heterocycles. The summed E-state index contributed by atoms with van der Waals surface area (Å²) in [5.41, 5.74) is 0. The lowest BCUT2D eigenvalue weighted by Gasteiger charge is -1.88. The van der Waals surface area contributed by atoms with Crippen LogP contribution in [0.1, 0.15) is 0 Å². The van der Waals surface area contributed by atoms with Crippen LogP contribution in [0.15, 0.2) is 5.38 Å². The maximum absolute atomic E-state index is 5.56. The number of methoxy groups -OCH3 is 1. The molecular weight excluding hydrogens is 146 g/mol. The van der Waals surface area contributed by atoms with Crippen LogP contribution in [0.3, 0.4) is 0 Å². The highest BCUT2D eigenvalue weighted by atomic mass is 35.5. The van der Waals surface area contributed by atoms with E-state index in [9.17, 15) is 0 Å². The summed E-state index contributed by atoms with van der Waals surface area (Å²) in [7, 11) is 1.54. The molecule has 0 bridgehead atoms. The van der Waals surface area contributed by atoms with Crippen LogP contribution in [0.25, 0.3) is 0 Å². The van der Waals surface area contributed by atoms with E-state index in [-0.39, 0.29) is 0 Å². The number of ether oxygens (including phenoxy) is 1. The van der Waals surface area contributed by atoms with Crippen molar-refractivity contribution < 1.29 is 4.74 Å². The van der Waals surface area contributed by atoms with Crippen LogP contribution in [-0.4, -0.2) is 11.5 Å². The van der Waals surface area contributed by atoms with E-state index in [1.54, 1.807) is 12.5 Å². The second-order valence-electron chi connectivity index (χ2n) is 1.17. The first kappa shape index (κ1) is 5.85. The average Bonchev–Trinajstić information content (AvgIpc) is 2.14. The van der Waals surface area contributed by atoms with E-state index in [0.717, 1.165) is 0 Å². The molecule has 0 aromatic carbocycles. The van der Waals surface area contributed by atoms with Crippen LogP contribution in [0.5, 0.6) is 5.88 Å². The SMILES string of the molecule is COc1nscc1Cl. The number of rotatable bonds is 1. The van der Waals surface area contributed by atoms with Crippen molar-refractivity contribution >= 4 is 23.1 Å². The fourth-order valence-electron chi connectivity index (χ4n) is 0.349. The zero-order valence-corrected chi connectivity index (χ0v) is 5.79. The highest BCUT2D eigenvalue weighted by molar-refractivity contribution is 7.04. The summed E-state index contributed by atoms with van der Waals surface area (Å²) >= 11 is 6.85. The Kier molecular flexibility index (Phi) is 1.70. The maximum atomic E-state index is 5.56. The van der Waals surface area contributed by atoms with Gasteiger partial charge in [0.25, 0.3) is 0 Å². The molecule has 0 fully saturated rings. The molecular formula is C4H4ClNOS. The monoisotopic (exact) mass is 149 g/mol. The van der Waals surface area contributed by atoms with E-state index >= 15 is 0 Å². The van der Waals surface area contributed by atoms with E-state index in [1.165, 1.54) is 11.5 Å². The second-order valence-corrected chi connectivity index (χ2v) is 2.21. The lowest BCUT2D eigenvalue weighted by Crippen LogP contribution is -1.80. The van der Waals surface area contributed by atoms with Crippen molar-refractivity contribution in [3.63, 3.8) is 0 Å². The molecule has 0 spiro atoms. The molecule has 0 radical (unpaired) electrons. The van der Waals surface area contributed by atoms with Crippen LogP contribution in [0, 0.1) is 0 Å². The van der Waals surface area contributed by atoms with Gasteiger partial charge in [-0.15, -0.1) is 0 Å². The van der Waals surface area contributed by atoms with Gasteiger partial charge in [-0.3, -0.25) is 0 Å². The summed E-state index contributed by atoms with van der Waals surface area (Å²) in [6.07, 6.45) is 0. The Labute approximate surface area is 56.2 Å². The van der Waals surface area contributed by atoms with Gasteiger partial charge in [-0.25, -0.2) is 0 Å². The normalized spacial score (nSPS) is 9.25. The van der Waals surface area contributed by atoms with Crippen molar-refractivity contribution in [1.29, 1.82) is 0 Å². The summed E-state index contributed by atoms with van der Waals surface area (Å²) in [5.74, 6) is 0.511. The molecule has 44 valence electrons. The van der Waals surface area contributed by atoms with Crippen molar-refractivity contribution in [2.75, 3.05) is 7.11 Å². The third-order valence-electron chi connectivity index (χ3n) is 0.689. The van der Waals surface area contributed by atoms with Gasteiger partial charge in [-0.1, -0.05) is 11.6 Å². The van der Waals surface area contributed by atoms with Gasteiger partial charge in [0.2, 0.25) is 5.88 Å². The summed E-state index contributed by atoms with van der Waals surface area (Å²) in [4.78, 5) is 0. The molecule has 0 N–H and O–H groups in total. The smallest absolute Gasteiger partial charge is 0.244 e. The van der Waals surface area contributed by atoms with Gasteiger partial charge in [-0.05, 0) is 11.5 Å². The average molecular weight is 150 g/mol. The Morgan fingerprint density at radius 2 is 2.62 bits per heavy atom. The standard InChI is InChI=1S/C4H4ClNOS/c1-7-4-3(5)2-8-6-4/h2H,1H3. The molecule has 0 aliphatic carbocycles. The van der Waals surface area contributed by atoms with E-state index in [1.807, 2.05) is 0 Å². The summed E-state index contributed by atoms with van der Waals surface area (Å²) in [5, 5.41) is 2.30. The molecule has 8 heavy (non-hydrogen) atoms. The Morgan fingerprint density at radius 1 is 1.88 bits per heavy atom. The van der Waals surface area contributed by atoms with Gasteiger partial charge in [0.15, 0.2) is 0 Å². The van der Waals surface area contributed by atoms with Crippen molar-refractivity contribution in [3.05, 3.63) is 10.4 Å². The molecule has 1 aromatic heterocycles. The molecule has 0 atom stereocenters. The van der Waals surface area contributed by atoms with Crippen molar-refractivity contribution in [3.8, 4) is 5.88 Å². The van der Waals surface area contributed by atoms with Gasteiger partial charge < -0.3 is 4.74 Å². The Hall–Kier alpha value is -0.280. The Morgan fingerprint density at radius 3 is 2.88 bits per heavy atom.